The third kappa shape index (κ3) is 3.43. The first-order valence-corrected chi connectivity index (χ1v) is 9.92. The first-order valence-electron chi connectivity index (χ1n) is 8.72. The van der Waals surface area contributed by atoms with Gasteiger partial charge in [0.2, 0.25) is 5.91 Å². The summed E-state index contributed by atoms with van der Waals surface area (Å²) in [5.74, 6) is 0.278. The van der Waals surface area contributed by atoms with Crippen molar-refractivity contribution < 1.29 is 4.79 Å². The van der Waals surface area contributed by atoms with Crippen molar-refractivity contribution in [2.75, 3.05) is 7.05 Å². The number of carbonyl (C=O) groups excluding carboxylic acids is 1. The molecule has 142 valence electrons. The number of piperidine rings is 1. The quantitative estimate of drug-likeness (QED) is 0.692. The van der Waals surface area contributed by atoms with Gasteiger partial charge in [-0.1, -0.05) is 18.5 Å². The summed E-state index contributed by atoms with van der Waals surface area (Å²) in [6.07, 6.45) is 9.58. The van der Waals surface area contributed by atoms with Gasteiger partial charge in [-0.25, -0.2) is 4.98 Å². The molecular weight excluding hydrogens is 394 g/mol. The van der Waals surface area contributed by atoms with E-state index in [9.17, 15) is 4.79 Å². The molecule has 3 aromatic rings. The zero-order valence-electron chi connectivity index (χ0n) is 15.4. The minimum Gasteiger partial charge on any atom is -0.304 e. The van der Waals surface area contributed by atoms with E-state index < -0.39 is 5.41 Å². The number of aromatic nitrogens is 3. The molecule has 1 N–H and O–H groups in total. The standard InChI is InChI=1S/C20H18ClN5OS/c1-20(5-17(22)26(2)18(27)6-20)19-25-11-16(28-19)14-3-12(7-23-9-14)13-4-15(21)10-24-8-13/h3-4,7-11,22H,5-6H2,1-2H3/t20-/m0/s1. The fraction of sp³-hybridized carbons (Fsp3) is 0.250. The highest BCUT2D eigenvalue weighted by Gasteiger charge is 2.40. The second kappa shape index (κ2) is 7.07. The number of nitrogens with one attached hydrogen (secondary N) is 1. The van der Waals surface area contributed by atoms with Gasteiger partial charge < -0.3 is 4.90 Å². The fourth-order valence-corrected chi connectivity index (χ4v) is 4.51. The molecule has 8 heteroatoms. The van der Waals surface area contributed by atoms with Crippen LogP contribution in [0, 0.1) is 5.41 Å². The minimum absolute atomic E-state index is 0.0485. The summed E-state index contributed by atoms with van der Waals surface area (Å²) in [6, 6.07) is 3.88. The molecule has 1 aliphatic rings. The van der Waals surface area contributed by atoms with Crippen molar-refractivity contribution in [3.8, 4) is 21.6 Å². The van der Waals surface area contributed by atoms with Gasteiger partial charge in [-0.2, -0.15) is 0 Å². The molecule has 1 atom stereocenters. The van der Waals surface area contributed by atoms with Crippen molar-refractivity contribution in [3.05, 3.63) is 53.1 Å². The van der Waals surface area contributed by atoms with E-state index in [0.717, 1.165) is 26.6 Å². The Morgan fingerprint density at radius 1 is 1.07 bits per heavy atom. The second-order valence-corrected chi connectivity index (χ2v) is 8.66. The van der Waals surface area contributed by atoms with Crippen LogP contribution in [-0.2, 0) is 10.2 Å². The van der Waals surface area contributed by atoms with Gasteiger partial charge in [-0.05, 0) is 12.1 Å². The molecule has 1 fully saturated rings. The van der Waals surface area contributed by atoms with Crippen LogP contribution in [0.3, 0.4) is 0 Å². The van der Waals surface area contributed by atoms with Gasteiger partial charge in [0.25, 0.3) is 0 Å². The molecule has 6 nitrogen and oxygen atoms in total. The summed E-state index contributed by atoms with van der Waals surface area (Å²) in [4.78, 5) is 27.7. The van der Waals surface area contributed by atoms with Crippen LogP contribution < -0.4 is 0 Å². The molecule has 3 aromatic heterocycles. The Hall–Kier alpha value is -2.64. The molecule has 1 aliphatic heterocycles. The molecule has 0 aromatic carbocycles. The second-order valence-electron chi connectivity index (χ2n) is 7.20. The smallest absolute Gasteiger partial charge is 0.228 e. The molecule has 0 aliphatic carbocycles. The molecule has 0 radical (unpaired) electrons. The minimum atomic E-state index is -0.453. The molecular formula is C20H18ClN5OS. The van der Waals surface area contributed by atoms with Crippen LogP contribution in [0.5, 0.6) is 0 Å². The van der Waals surface area contributed by atoms with Gasteiger partial charge in [0.1, 0.15) is 5.84 Å². The number of amides is 1. The summed E-state index contributed by atoms with van der Waals surface area (Å²) in [5, 5.41) is 9.54. The van der Waals surface area contributed by atoms with Crippen LogP contribution in [0.15, 0.2) is 43.1 Å². The van der Waals surface area contributed by atoms with Crippen molar-refractivity contribution in [1.29, 1.82) is 5.41 Å². The number of hydrogen-bond donors (Lipinski definition) is 1. The Morgan fingerprint density at radius 2 is 1.75 bits per heavy atom. The van der Waals surface area contributed by atoms with E-state index in [0.29, 0.717) is 23.7 Å². The molecule has 4 rings (SSSR count). The van der Waals surface area contributed by atoms with Gasteiger partial charge in [0.15, 0.2) is 0 Å². The van der Waals surface area contributed by atoms with E-state index in [2.05, 4.69) is 15.0 Å². The van der Waals surface area contributed by atoms with E-state index in [4.69, 9.17) is 17.0 Å². The number of rotatable bonds is 3. The van der Waals surface area contributed by atoms with Gasteiger partial charge in [0, 0.05) is 73.0 Å². The number of carbonyl (C=O) groups is 1. The van der Waals surface area contributed by atoms with Crippen LogP contribution in [0.25, 0.3) is 21.6 Å². The van der Waals surface area contributed by atoms with E-state index in [1.54, 1.807) is 43.2 Å². The molecule has 0 spiro atoms. The maximum Gasteiger partial charge on any atom is 0.228 e. The summed E-state index contributed by atoms with van der Waals surface area (Å²) in [6.45, 7) is 2.00. The lowest BCUT2D eigenvalue weighted by atomic mass is 9.80. The number of halogens is 1. The topological polar surface area (TPSA) is 82.8 Å². The summed E-state index contributed by atoms with van der Waals surface area (Å²) < 4.78 is 0. The molecule has 1 saturated heterocycles. The van der Waals surface area contributed by atoms with Gasteiger partial charge >= 0.3 is 0 Å². The lowest BCUT2D eigenvalue weighted by Gasteiger charge is -2.36. The zero-order valence-corrected chi connectivity index (χ0v) is 17.0. The zero-order chi connectivity index (χ0) is 19.9. The SMILES string of the molecule is CN1C(=N)C[C@](C)(c2ncc(-c3cncc(-c4cncc(Cl)c4)c3)s2)CC1=O. The van der Waals surface area contributed by atoms with Gasteiger partial charge in [-0.3, -0.25) is 20.2 Å². The van der Waals surface area contributed by atoms with E-state index >= 15 is 0 Å². The Kier molecular flexibility index (Phi) is 4.72. The predicted molar refractivity (Wildman–Crippen MR) is 111 cm³/mol. The highest BCUT2D eigenvalue weighted by atomic mass is 35.5. The lowest BCUT2D eigenvalue weighted by molar-refractivity contribution is -0.128. The predicted octanol–water partition coefficient (Wildman–Crippen LogP) is 4.41. The average molecular weight is 412 g/mol. The van der Waals surface area contributed by atoms with Gasteiger partial charge in [0.05, 0.1) is 14.9 Å². The fourth-order valence-electron chi connectivity index (χ4n) is 3.29. The number of amidine groups is 1. The number of hydrogen-bond acceptors (Lipinski definition) is 6. The van der Waals surface area contributed by atoms with Crippen molar-refractivity contribution in [2.45, 2.75) is 25.2 Å². The summed E-state index contributed by atoms with van der Waals surface area (Å²) in [7, 11) is 1.65. The number of likely N-dealkylation sites (tertiary alicyclic amines) is 1. The molecule has 4 heterocycles. The van der Waals surface area contributed by atoms with E-state index in [1.165, 1.54) is 4.90 Å². The van der Waals surface area contributed by atoms with Crippen molar-refractivity contribution in [1.82, 2.24) is 19.9 Å². The highest BCUT2D eigenvalue weighted by Crippen LogP contribution is 2.40. The molecule has 0 unspecified atom stereocenters. The Morgan fingerprint density at radius 3 is 2.46 bits per heavy atom. The largest absolute Gasteiger partial charge is 0.304 e. The van der Waals surface area contributed by atoms with Crippen molar-refractivity contribution >= 4 is 34.7 Å². The van der Waals surface area contributed by atoms with E-state index in [-0.39, 0.29) is 5.91 Å². The maximum absolute atomic E-state index is 12.2. The van der Waals surface area contributed by atoms with Crippen molar-refractivity contribution in [3.63, 3.8) is 0 Å². The Labute approximate surface area is 171 Å². The lowest BCUT2D eigenvalue weighted by Crippen LogP contribution is -2.46. The van der Waals surface area contributed by atoms with Crippen molar-refractivity contribution in [2.24, 2.45) is 0 Å². The monoisotopic (exact) mass is 411 g/mol. The third-order valence-corrected chi connectivity index (χ3v) is 6.52. The van der Waals surface area contributed by atoms with Crippen LogP contribution in [0.2, 0.25) is 5.02 Å². The molecule has 0 saturated carbocycles. The Bertz CT molecular complexity index is 1060. The molecule has 1 amide bonds. The number of pyridine rings is 2. The number of thiazole rings is 1. The molecule has 28 heavy (non-hydrogen) atoms. The van der Waals surface area contributed by atoms with E-state index in [1.807, 2.05) is 25.3 Å². The highest BCUT2D eigenvalue weighted by molar-refractivity contribution is 7.15. The first-order chi connectivity index (χ1) is 13.4. The van der Waals surface area contributed by atoms with Crippen LogP contribution in [0.1, 0.15) is 24.8 Å². The first kappa shape index (κ1) is 18.7. The van der Waals surface area contributed by atoms with Crippen LogP contribution in [0.4, 0.5) is 0 Å². The summed E-state index contributed by atoms with van der Waals surface area (Å²) >= 11 is 7.59. The number of nitrogens with zero attached hydrogens (tertiary/aromatic N) is 4. The Balaban J connectivity index is 1.66. The van der Waals surface area contributed by atoms with Gasteiger partial charge in [-0.15, -0.1) is 11.3 Å². The van der Waals surface area contributed by atoms with Crippen LogP contribution >= 0.6 is 22.9 Å². The summed E-state index contributed by atoms with van der Waals surface area (Å²) in [5.41, 5.74) is 2.31. The third-order valence-electron chi connectivity index (χ3n) is 4.96. The normalized spacial score (nSPS) is 19.9. The maximum atomic E-state index is 12.2. The molecule has 0 bridgehead atoms. The van der Waals surface area contributed by atoms with Crippen LogP contribution in [-0.4, -0.2) is 38.6 Å². The average Bonchev–Trinajstić information content (AvgIpc) is 3.17.